The van der Waals surface area contributed by atoms with E-state index < -0.39 is 12.1 Å². The summed E-state index contributed by atoms with van der Waals surface area (Å²) in [7, 11) is 0. The van der Waals surface area contributed by atoms with Crippen LogP contribution in [0.15, 0.2) is 20.8 Å². The van der Waals surface area contributed by atoms with E-state index >= 15 is 0 Å². The summed E-state index contributed by atoms with van der Waals surface area (Å²) in [6, 6.07) is 0. The van der Waals surface area contributed by atoms with Crippen LogP contribution in [0.5, 0.6) is 0 Å². The lowest BCUT2D eigenvalue weighted by molar-refractivity contribution is -0.161. The predicted molar refractivity (Wildman–Crippen MR) is 50.2 cm³/mol. The van der Waals surface area contributed by atoms with E-state index in [2.05, 4.69) is 0 Å². The minimum atomic E-state index is -4.22. The molecule has 0 heterocycles. The molecule has 0 saturated heterocycles. The molecule has 0 saturated carbocycles. The van der Waals surface area contributed by atoms with E-state index in [1.165, 1.54) is 6.08 Å². The smallest absolute Gasteiger partial charge is 0.170 e. The van der Waals surface area contributed by atoms with Crippen molar-refractivity contribution in [1.82, 2.24) is 0 Å². The van der Waals surface area contributed by atoms with Crippen molar-refractivity contribution in [3.8, 4) is 0 Å². The highest BCUT2D eigenvalue weighted by Crippen LogP contribution is 2.41. The second kappa shape index (κ2) is 3.57. The van der Waals surface area contributed by atoms with Gasteiger partial charge in [-0.25, -0.2) is 0 Å². The molecule has 1 aliphatic carbocycles. The number of allylic oxidation sites excluding steroid dienone is 4. The molecule has 0 N–H and O–H groups in total. The van der Waals surface area contributed by atoms with E-state index in [4.69, 9.17) is 11.6 Å². The molecule has 0 spiro atoms. The maximum Gasteiger partial charge on any atom is 0.396 e. The van der Waals surface area contributed by atoms with Crippen LogP contribution in [-0.4, -0.2) is 6.18 Å². The topological polar surface area (TPSA) is 0 Å². The highest BCUT2D eigenvalue weighted by atomic mass is 127. The first-order chi connectivity index (χ1) is 5.41. The molecule has 68 valence electrons. The van der Waals surface area contributed by atoms with Crippen molar-refractivity contribution in [2.75, 3.05) is 0 Å². The van der Waals surface area contributed by atoms with Crippen LogP contribution in [0.2, 0.25) is 0 Å². The van der Waals surface area contributed by atoms with Crippen molar-refractivity contribution in [3.63, 3.8) is 0 Å². The quantitative estimate of drug-likeness (QED) is 0.593. The van der Waals surface area contributed by atoms with Gasteiger partial charge >= 0.3 is 6.18 Å². The molecule has 1 aliphatic rings. The molecule has 0 aliphatic heterocycles. The average molecular weight is 308 g/mol. The summed E-state index contributed by atoms with van der Waals surface area (Å²) in [6.07, 6.45) is -1.34. The molecule has 0 bridgehead atoms. The zero-order chi connectivity index (χ0) is 9.35. The van der Waals surface area contributed by atoms with Gasteiger partial charge in [0.2, 0.25) is 0 Å². The van der Waals surface area contributed by atoms with E-state index in [-0.39, 0.29) is 11.5 Å². The van der Waals surface area contributed by atoms with Gasteiger partial charge in [-0.05, 0) is 38.7 Å². The molecule has 0 aromatic heterocycles. The molecular formula is C7H5ClF3I. The van der Waals surface area contributed by atoms with Crippen molar-refractivity contribution >= 4 is 34.2 Å². The normalized spacial score (nSPS) is 24.9. The third-order valence-electron chi connectivity index (χ3n) is 1.55. The minimum absolute atomic E-state index is 0.0284. The SMILES string of the molecule is FC(F)(F)C1CC(I)=CC=C1Cl. The first-order valence-corrected chi connectivity index (χ1v) is 4.65. The molecule has 12 heavy (non-hydrogen) atoms. The summed E-state index contributed by atoms with van der Waals surface area (Å²) in [6.45, 7) is 0. The molecule has 5 heteroatoms. The zero-order valence-electron chi connectivity index (χ0n) is 5.83. The molecule has 0 amide bonds. The molecule has 0 aromatic rings. The first-order valence-electron chi connectivity index (χ1n) is 3.19. The van der Waals surface area contributed by atoms with Gasteiger partial charge in [0, 0.05) is 5.03 Å². The van der Waals surface area contributed by atoms with Gasteiger partial charge in [-0.15, -0.1) is 0 Å². The van der Waals surface area contributed by atoms with Crippen LogP contribution in [-0.2, 0) is 0 Å². The highest BCUT2D eigenvalue weighted by molar-refractivity contribution is 14.1. The van der Waals surface area contributed by atoms with Crippen LogP contribution in [0.25, 0.3) is 0 Å². The molecule has 1 atom stereocenters. The maximum absolute atomic E-state index is 12.2. The Kier molecular flexibility index (Phi) is 3.09. The molecule has 1 unspecified atom stereocenters. The third kappa shape index (κ3) is 2.39. The van der Waals surface area contributed by atoms with E-state index in [1.54, 1.807) is 6.08 Å². The van der Waals surface area contributed by atoms with Gasteiger partial charge < -0.3 is 0 Å². The Balaban J connectivity index is 2.84. The Morgan fingerprint density at radius 3 is 2.42 bits per heavy atom. The highest BCUT2D eigenvalue weighted by Gasteiger charge is 2.42. The van der Waals surface area contributed by atoms with Crippen molar-refractivity contribution in [1.29, 1.82) is 0 Å². The van der Waals surface area contributed by atoms with Gasteiger partial charge in [-0.1, -0.05) is 17.7 Å². The van der Waals surface area contributed by atoms with E-state index in [9.17, 15) is 13.2 Å². The predicted octanol–water partition coefficient (Wildman–Crippen LogP) is 4.01. The number of hydrogen-bond donors (Lipinski definition) is 0. The fraction of sp³-hybridized carbons (Fsp3) is 0.429. The third-order valence-corrected chi connectivity index (χ3v) is 2.74. The van der Waals surface area contributed by atoms with Gasteiger partial charge in [-0.3, -0.25) is 0 Å². The lowest BCUT2D eigenvalue weighted by atomic mass is 10.0. The standard InChI is InChI=1S/C7H5ClF3I/c8-6-2-1-4(12)3-5(6)7(9,10)11/h1-2,5H,3H2. The number of hydrogen-bond acceptors (Lipinski definition) is 0. The van der Waals surface area contributed by atoms with Crippen LogP contribution in [0.1, 0.15) is 6.42 Å². The fourth-order valence-corrected chi connectivity index (χ4v) is 1.80. The van der Waals surface area contributed by atoms with Crippen molar-refractivity contribution in [2.45, 2.75) is 12.6 Å². The number of rotatable bonds is 0. The van der Waals surface area contributed by atoms with Crippen molar-refractivity contribution in [2.24, 2.45) is 5.92 Å². The Hall–Kier alpha value is 0.290. The Labute approximate surface area is 86.6 Å². The van der Waals surface area contributed by atoms with Gasteiger partial charge in [0.15, 0.2) is 0 Å². The lowest BCUT2D eigenvalue weighted by Gasteiger charge is -2.21. The summed E-state index contributed by atoms with van der Waals surface area (Å²) in [4.78, 5) is 0. The van der Waals surface area contributed by atoms with Crippen LogP contribution < -0.4 is 0 Å². The Morgan fingerprint density at radius 1 is 1.42 bits per heavy atom. The van der Waals surface area contributed by atoms with E-state index in [1.807, 2.05) is 22.6 Å². The monoisotopic (exact) mass is 308 g/mol. The van der Waals surface area contributed by atoms with Crippen molar-refractivity contribution < 1.29 is 13.2 Å². The maximum atomic E-state index is 12.2. The molecule has 0 nitrogen and oxygen atoms in total. The average Bonchev–Trinajstić information content (AvgIpc) is 1.92. The summed E-state index contributed by atoms with van der Waals surface area (Å²) < 4.78 is 37.3. The summed E-state index contributed by atoms with van der Waals surface area (Å²) in [5.41, 5.74) is 0. The molecule has 1 rings (SSSR count). The molecular weight excluding hydrogens is 303 g/mol. The van der Waals surface area contributed by atoms with Crippen molar-refractivity contribution in [3.05, 3.63) is 20.8 Å². The fourth-order valence-electron chi connectivity index (χ4n) is 0.919. The van der Waals surface area contributed by atoms with Crippen LogP contribution >= 0.6 is 34.2 Å². The largest absolute Gasteiger partial charge is 0.396 e. The number of alkyl halides is 3. The van der Waals surface area contributed by atoms with Gasteiger partial charge in [-0.2, -0.15) is 13.2 Å². The number of halogens is 5. The Bertz CT molecular complexity index is 242. The van der Waals surface area contributed by atoms with Gasteiger partial charge in [0.05, 0.1) is 5.92 Å². The lowest BCUT2D eigenvalue weighted by Crippen LogP contribution is -2.24. The first kappa shape index (κ1) is 10.4. The molecule has 0 fully saturated rings. The molecule has 0 aromatic carbocycles. The van der Waals surface area contributed by atoms with E-state index in [0.29, 0.717) is 3.58 Å². The van der Waals surface area contributed by atoms with Gasteiger partial charge in [0.25, 0.3) is 0 Å². The van der Waals surface area contributed by atoms with Crippen LogP contribution in [0.4, 0.5) is 13.2 Å². The van der Waals surface area contributed by atoms with Crippen LogP contribution in [0.3, 0.4) is 0 Å². The summed E-state index contributed by atoms with van der Waals surface area (Å²) in [5, 5.41) is -0.122. The summed E-state index contributed by atoms with van der Waals surface area (Å²) in [5.74, 6) is -1.50. The second-order valence-corrected chi connectivity index (χ2v) is 4.29. The Morgan fingerprint density at radius 2 is 2.00 bits per heavy atom. The van der Waals surface area contributed by atoms with E-state index in [0.717, 1.165) is 0 Å². The second-order valence-electron chi connectivity index (χ2n) is 2.46. The van der Waals surface area contributed by atoms with Crippen LogP contribution in [0, 0.1) is 5.92 Å². The minimum Gasteiger partial charge on any atom is -0.170 e. The zero-order valence-corrected chi connectivity index (χ0v) is 8.74. The molecule has 0 radical (unpaired) electrons. The van der Waals surface area contributed by atoms with Gasteiger partial charge in [0.1, 0.15) is 0 Å². The summed E-state index contributed by atoms with van der Waals surface area (Å²) >= 11 is 7.31.